The highest BCUT2D eigenvalue weighted by molar-refractivity contribution is 9.10. The van der Waals surface area contributed by atoms with Gasteiger partial charge in [-0.3, -0.25) is 4.90 Å². The van der Waals surface area contributed by atoms with Gasteiger partial charge in [0.25, 0.3) is 0 Å². The molecule has 1 aliphatic heterocycles. The van der Waals surface area contributed by atoms with E-state index in [4.69, 9.17) is 4.74 Å². The second-order valence-electron chi connectivity index (χ2n) is 4.91. The molecule has 0 atom stereocenters. The number of rotatable bonds is 5. The average molecular weight is 368 g/mol. The molecule has 21 heavy (non-hydrogen) atoms. The van der Waals surface area contributed by atoms with Crippen LogP contribution in [-0.2, 0) is 4.74 Å². The first-order valence-electron chi connectivity index (χ1n) is 7.05. The molecule has 6 heteroatoms. The van der Waals surface area contributed by atoms with Gasteiger partial charge in [0.2, 0.25) is 0 Å². The Morgan fingerprint density at radius 3 is 2.76 bits per heavy atom. The topological polar surface area (TPSA) is 41.2 Å². The molecule has 0 bridgehead atoms. The zero-order chi connectivity index (χ0) is 14.5. The summed E-state index contributed by atoms with van der Waals surface area (Å²) in [5.41, 5.74) is 2.22. The number of halogens is 1. The first kappa shape index (κ1) is 15.1. The van der Waals surface area contributed by atoms with Crippen molar-refractivity contribution in [2.24, 2.45) is 0 Å². The Labute approximate surface area is 137 Å². The standard InChI is InChI=1S/C15H18BrN3OS/c16-13-3-1-12(2-4-13)14-11-17-15(18-14)21-10-7-19-5-8-20-9-6-19/h1-4,11H,5-10H2,(H,17,18). The molecular formula is C15H18BrN3OS. The number of imidazole rings is 1. The second-order valence-corrected chi connectivity index (χ2v) is 6.91. The summed E-state index contributed by atoms with van der Waals surface area (Å²) in [4.78, 5) is 10.3. The molecule has 0 amide bonds. The van der Waals surface area contributed by atoms with Crippen LogP contribution in [0.3, 0.4) is 0 Å². The third-order valence-corrected chi connectivity index (χ3v) is 4.85. The normalized spacial score (nSPS) is 16.2. The third-order valence-electron chi connectivity index (χ3n) is 3.46. The maximum Gasteiger partial charge on any atom is 0.165 e. The minimum Gasteiger partial charge on any atom is -0.379 e. The van der Waals surface area contributed by atoms with Crippen LogP contribution in [0.25, 0.3) is 11.3 Å². The van der Waals surface area contributed by atoms with Crippen LogP contribution in [0.4, 0.5) is 0 Å². The lowest BCUT2D eigenvalue weighted by Gasteiger charge is -2.26. The highest BCUT2D eigenvalue weighted by atomic mass is 79.9. The maximum absolute atomic E-state index is 5.35. The summed E-state index contributed by atoms with van der Waals surface area (Å²) in [6.45, 7) is 4.90. The fourth-order valence-corrected chi connectivity index (χ4v) is 3.37. The van der Waals surface area contributed by atoms with E-state index in [1.807, 2.05) is 18.3 Å². The molecule has 0 aliphatic carbocycles. The van der Waals surface area contributed by atoms with Crippen molar-refractivity contribution in [3.05, 3.63) is 34.9 Å². The Kier molecular flexibility index (Phi) is 5.35. The zero-order valence-electron chi connectivity index (χ0n) is 11.7. The fraction of sp³-hybridized carbons (Fsp3) is 0.400. The summed E-state index contributed by atoms with van der Waals surface area (Å²) in [6.07, 6.45) is 1.90. The number of benzene rings is 1. The summed E-state index contributed by atoms with van der Waals surface area (Å²) >= 11 is 5.23. The molecule has 1 aromatic heterocycles. The summed E-state index contributed by atoms with van der Waals surface area (Å²) < 4.78 is 6.44. The molecule has 2 aromatic rings. The maximum atomic E-state index is 5.35. The number of morpholine rings is 1. The van der Waals surface area contributed by atoms with Crippen molar-refractivity contribution in [1.29, 1.82) is 0 Å². The smallest absolute Gasteiger partial charge is 0.165 e. The minimum atomic E-state index is 0.860. The van der Waals surface area contributed by atoms with Crippen LogP contribution >= 0.6 is 27.7 Å². The number of aromatic amines is 1. The van der Waals surface area contributed by atoms with Gasteiger partial charge in [0.05, 0.1) is 25.1 Å². The van der Waals surface area contributed by atoms with E-state index in [1.54, 1.807) is 11.8 Å². The molecule has 0 unspecified atom stereocenters. The van der Waals surface area contributed by atoms with Gasteiger partial charge in [-0.05, 0) is 17.7 Å². The number of nitrogens with one attached hydrogen (secondary N) is 1. The van der Waals surface area contributed by atoms with Crippen molar-refractivity contribution < 1.29 is 4.74 Å². The average Bonchev–Trinajstić information content (AvgIpc) is 2.98. The molecule has 0 saturated carbocycles. The quantitative estimate of drug-likeness (QED) is 0.823. The summed E-state index contributed by atoms with van der Waals surface area (Å²) in [7, 11) is 0. The fourth-order valence-electron chi connectivity index (χ4n) is 2.25. The predicted octanol–water partition coefficient (Wildman–Crippen LogP) is 3.26. The number of aromatic nitrogens is 2. The first-order valence-corrected chi connectivity index (χ1v) is 8.83. The van der Waals surface area contributed by atoms with Gasteiger partial charge < -0.3 is 9.72 Å². The van der Waals surface area contributed by atoms with E-state index >= 15 is 0 Å². The largest absolute Gasteiger partial charge is 0.379 e. The molecule has 2 heterocycles. The van der Waals surface area contributed by atoms with E-state index < -0.39 is 0 Å². The van der Waals surface area contributed by atoms with E-state index in [-0.39, 0.29) is 0 Å². The van der Waals surface area contributed by atoms with E-state index in [9.17, 15) is 0 Å². The van der Waals surface area contributed by atoms with Crippen molar-refractivity contribution in [3.63, 3.8) is 0 Å². The highest BCUT2D eigenvalue weighted by Crippen LogP contribution is 2.23. The Morgan fingerprint density at radius 1 is 1.24 bits per heavy atom. The second kappa shape index (κ2) is 7.45. The molecular weight excluding hydrogens is 350 g/mol. The molecule has 112 valence electrons. The molecule has 1 saturated heterocycles. The van der Waals surface area contributed by atoms with Crippen molar-refractivity contribution >= 4 is 27.7 Å². The Bertz CT molecular complexity index is 567. The van der Waals surface area contributed by atoms with Crippen molar-refractivity contribution in [1.82, 2.24) is 14.9 Å². The first-order chi connectivity index (χ1) is 10.3. The Morgan fingerprint density at radius 2 is 2.00 bits per heavy atom. The van der Waals surface area contributed by atoms with E-state index in [1.165, 1.54) is 0 Å². The molecule has 1 N–H and O–H groups in total. The number of hydrogen-bond acceptors (Lipinski definition) is 4. The van der Waals surface area contributed by atoms with Crippen LogP contribution in [0, 0.1) is 0 Å². The van der Waals surface area contributed by atoms with Crippen molar-refractivity contribution in [3.8, 4) is 11.3 Å². The number of nitrogens with zero attached hydrogens (tertiary/aromatic N) is 2. The number of thioether (sulfide) groups is 1. The lowest BCUT2D eigenvalue weighted by Crippen LogP contribution is -2.37. The molecule has 3 rings (SSSR count). The highest BCUT2D eigenvalue weighted by Gasteiger charge is 2.10. The van der Waals surface area contributed by atoms with E-state index in [0.717, 1.165) is 59.5 Å². The Hall–Kier alpha value is -0.820. The van der Waals surface area contributed by atoms with Crippen LogP contribution in [-0.4, -0.2) is 53.5 Å². The molecule has 1 aliphatic rings. The third kappa shape index (κ3) is 4.32. The van der Waals surface area contributed by atoms with Gasteiger partial charge in [-0.15, -0.1) is 0 Å². The van der Waals surface area contributed by atoms with Crippen LogP contribution < -0.4 is 0 Å². The minimum absolute atomic E-state index is 0.860. The van der Waals surface area contributed by atoms with E-state index in [2.05, 4.69) is 42.9 Å². The number of hydrogen-bond donors (Lipinski definition) is 1. The van der Waals surface area contributed by atoms with Gasteiger partial charge in [-0.1, -0.05) is 39.8 Å². The number of H-pyrrole nitrogens is 1. The molecule has 0 radical (unpaired) electrons. The monoisotopic (exact) mass is 367 g/mol. The van der Waals surface area contributed by atoms with Gasteiger partial charge in [0, 0.05) is 29.9 Å². The lowest BCUT2D eigenvalue weighted by molar-refractivity contribution is 0.0410. The molecule has 4 nitrogen and oxygen atoms in total. The summed E-state index contributed by atoms with van der Waals surface area (Å²) in [5, 5.41) is 0.987. The van der Waals surface area contributed by atoms with Gasteiger partial charge in [0.1, 0.15) is 0 Å². The van der Waals surface area contributed by atoms with Gasteiger partial charge >= 0.3 is 0 Å². The lowest BCUT2D eigenvalue weighted by atomic mass is 10.2. The van der Waals surface area contributed by atoms with Crippen LogP contribution in [0.1, 0.15) is 0 Å². The molecule has 1 aromatic carbocycles. The van der Waals surface area contributed by atoms with Crippen molar-refractivity contribution in [2.75, 3.05) is 38.6 Å². The van der Waals surface area contributed by atoms with E-state index in [0.29, 0.717) is 0 Å². The van der Waals surface area contributed by atoms with Gasteiger partial charge in [0.15, 0.2) is 5.16 Å². The summed E-state index contributed by atoms with van der Waals surface area (Å²) in [6, 6.07) is 8.25. The zero-order valence-corrected chi connectivity index (χ0v) is 14.1. The van der Waals surface area contributed by atoms with Crippen LogP contribution in [0.5, 0.6) is 0 Å². The SMILES string of the molecule is Brc1ccc(-c2cnc(SCCN3CCOCC3)[nH]2)cc1. The molecule has 1 fully saturated rings. The number of ether oxygens (including phenoxy) is 1. The van der Waals surface area contributed by atoms with Crippen molar-refractivity contribution in [2.45, 2.75) is 5.16 Å². The summed E-state index contributed by atoms with van der Waals surface area (Å²) in [5.74, 6) is 1.05. The van der Waals surface area contributed by atoms with Gasteiger partial charge in [-0.2, -0.15) is 0 Å². The van der Waals surface area contributed by atoms with Crippen LogP contribution in [0.15, 0.2) is 40.1 Å². The predicted molar refractivity (Wildman–Crippen MR) is 89.7 cm³/mol. The molecule has 0 spiro atoms. The van der Waals surface area contributed by atoms with Crippen LogP contribution in [0.2, 0.25) is 0 Å². The van der Waals surface area contributed by atoms with Gasteiger partial charge in [-0.25, -0.2) is 4.98 Å². The Balaban J connectivity index is 1.51.